The van der Waals surface area contributed by atoms with Gasteiger partial charge in [0, 0.05) is 19.2 Å². The second-order valence-corrected chi connectivity index (χ2v) is 5.68. The lowest BCUT2D eigenvalue weighted by Crippen LogP contribution is -2.27. The normalized spacial score (nSPS) is 10.8. The van der Waals surface area contributed by atoms with E-state index >= 15 is 0 Å². The van der Waals surface area contributed by atoms with Gasteiger partial charge in [-0.25, -0.2) is 0 Å². The smallest absolute Gasteiger partial charge is 0.226 e. The molecule has 0 heterocycles. The van der Waals surface area contributed by atoms with Gasteiger partial charge in [0.2, 0.25) is 5.91 Å². The van der Waals surface area contributed by atoms with Crippen LogP contribution in [0.4, 0.5) is 5.69 Å². The van der Waals surface area contributed by atoms with Gasteiger partial charge in [-0.3, -0.25) is 4.79 Å². The first kappa shape index (κ1) is 14.2. The summed E-state index contributed by atoms with van der Waals surface area (Å²) in [5.41, 5.74) is 1.50. The minimum absolute atomic E-state index is 0.0833. The molecule has 0 saturated carbocycles. The molecule has 0 aliphatic carbocycles. The Labute approximate surface area is 109 Å². The molecule has 3 heteroatoms. The van der Waals surface area contributed by atoms with E-state index in [-0.39, 0.29) is 11.3 Å². The quantitative estimate of drug-likeness (QED) is 0.818. The molecule has 1 amide bonds. The predicted molar refractivity (Wildman–Crippen MR) is 73.3 cm³/mol. The first-order chi connectivity index (χ1) is 8.33. The molecule has 96 valence electrons. The Bertz CT molecular complexity index is 466. The lowest BCUT2D eigenvalue weighted by Gasteiger charge is -2.21. The summed E-state index contributed by atoms with van der Waals surface area (Å²) in [6.45, 7) is 6.36. The van der Waals surface area contributed by atoms with E-state index < -0.39 is 0 Å². The van der Waals surface area contributed by atoms with Crippen LogP contribution < -0.4 is 4.90 Å². The molecule has 1 rings (SSSR count). The fourth-order valence-corrected chi connectivity index (χ4v) is 1.58. The lowest BCUT2D eigenvalue weighted by atomic mass is 9.90. The van der Waals surface area contributed by atoms with Crippen LogP contribution >= 0.6 is 0 Å². The molecule has 0 spiro atoms. The molecule has 3 nitrogen and oxygen atoms in total. The van der Waals surface area contributed by atoms with E-state index in [2.05, 4.69) is 26.8 Å². The summed E-state index contributed by atoms with van der Waals surface area (Å²) in [5, 5.41) is 8.84. The Morgan fingerprint density at radius 3 is 2.61 bits per heavy atom. The van der Waals surface area contributed by atoms with E-state index in [1.165, 1.54) is 0 Å². The maximum Gasteiger partial charge on any atom is 0.226 e. The molecule has 0 aromatic heterocycles. The van der Waals surface area contributed by atoms with E-state index in [0.29, 0.717) is 12.0 Å². The number of amides is 1. The van der Waals surface area contributed by atoms with E-state index in [4.69, 9.17) is 5.26 Å². The van der Waals surface area contributed by atoms with Crippen molar-refractivity contribution in [3.63, 3.8) is 0 Å². The van der Waals surface area contributed by atoms with Crippen LogP contribution in [0.15, 0.2) is 24.3 Å². The molecule has 1 aromatic rings. The predicted octanol–water partition coefficient (Wildman–Crippen LogP) is 3.35. The fourth-order valence-electron chi connectivity index (χ4n) is 1.58. The highest BCUT2D eigenvalue weighted by molar-refractivity contribution is 5.92. The van der Waals surface area contributed by atoms with Crippen molar-refractivity contribution in [3.8, 4) is 6.07 Å². The third-order valence-corrected chi connectivity index (χ3v) is 2.83. The van der Waals surface area contributed by atoms with Crippen molar-refractivity contribution in [3.05, 3.63) is 29.8 Å². The average molecular weight is 244 g/mol. The van der Waals surface area contributed by atoms with Crippen molar-refractivity contribution < 1.29 is 4.79 Å². The molecule has 0 saturated heterocycles. The number of benzene rings is 1. The van der Waals surface area contributed by atoms with Crippen molar-refractivity contribution in [2.45, 2.75) is 33.6 Å². The standard InChI is InChI=1S/C15H20N2O/c1-15(2,3)9-8-14(18)17(4)13-7-5-6-12(10-13)11-16/h5-7,10H,8-9H2,1-4H3. The number of carbonyl (C=O) groups is 1. The van der Waals surface area contributed by atoms with E-state index in [0.717, 1.165) is 12.1 Å². The van der Waals surface area contributed by atoms with Crippen LogP contribution in [0.2, 0.25) is 0 Å². The van der Waals surface area contributed by atoms with E-state index in [1.807, 2.05) is 6.07 Å². The van der Waals surface area contributed by atoms with Gasteiger partial charge in [-0.1, -0.05) is 26.8 Å². The molecule has 0 bridgehead atoms. The number of hydrogen-bond donors (Lipinski definition) is 0. The van der Waals surface area contributed by atoms with Gasteiger partial charge in [0.1, 0.15) is 0 Å². The molecule has 0 aliphatic rings. The number of nitriles is 1. The number of rotatable bonds is 3. The fraction of sp³-hybridized carbons (Fsp3) is 0.467. The van der Waals surface area contributed by atoms with Crippen molar-refractivity contribution in [2.24, 2.45) is 5.41 Å². The summed E-state index contributed by atoms with van der Waals surface area (Å²) >= 11 is 0. The molecule has 0 atom stereocenters. The summed E-state index contributed by atoms with van der Waals surface area (Å²) in [6, 6.07) is 9.18. The summed E-state index contributed by atoms with van der Waals surface area (Å²) in [7, 11) is 1.75. The van der Waals surface area contributed by atoms with Crippen LogP contribution in [-0.2, 0) is 4.79 Å². The van der Waals surface area contributed by atoms with Crippen molar-refractivity contribution >= 4 is 11.6 Å². The zero-order valence-electron chi connectivity index (χ0n) is 11.5. The molecule has 1 aromatic carbocycles. The summed E-state index contributed by atoms with van der Waals surface area (Å²) < 4.78 is 0. The van der Waals surface area contributed by atoms with Crippen LogP contribution in [0.3, 0.4) is 0 Å². The third kappa shape index (κ3) is 4.21. The van der Waals surface area contributed by atoms with Gasteiger partial charge < -0.3 is 4.90 Å². The van der Waals surface area contributed by atoms with E-state index in [9.17, 15) is 4.79 Å². The first-order valence-corrected chi connectivity index (χ1v) is 6.10. The Balaban J connectivity index is 2.72. The second-order valence-electron chi connectivity index (χ2n) is 5.68. The number of anilines is 1. The van der Waals surface area contributed by atoms with Crippen molar-refractivity contribution in [1.29, 1.82) is 5.26 Å². The second kappa shape index (κ2) is 5.68. The monoisotopic (exact) mass is 244 g/mol. The minimum Gasteiger partial charge on any atom is -0.315 e. The van der Waals surface area contributed by atoms with Gasteiger partial charge >= 0.3 is 0 Å². The van der Waals surface area contributed by atoms with Crippen LogP contribution in [0, 0.1) is 16.7 Å². The van der Waals surface area contributed by atoms with Crippen LogP contribution in [0.25, 0.3) is 0 Å². The SMILES string of the molecule is CN(C(=O)CCC(C)(C)C)c1cccc(C#N)c1. The van der Waals surface area contributed by atoms with Crippen LogP contribution in [0.5, 0.6) is 0 Å². The number of nitrogens with zero attached hydrogens (tertiary/aromatic N) is 2. The van der Waals surface area contributed by atoms with Gasteiger partial charge in [-0.2, -0.15) is 5.26 Å². The van der Waals surface area contributed by atoms with Crippen molar-refractivity contribution in [1.82, 2.24) is 0 Å². The van der Waals surface area contributed by atoms with Gasteiger partial charge in [0.15, 0.2) is 0 Å². The maximum atomic E-state index is 12.0. The highest BCUT2D eigenvalue weighted by atomic mass is 16.2. The zero-order chi connectivity index (χ0) is 13.8. The van der Waals surface area contributed by atoms with Gasteiger partial charge in [-0.05, 0) is 30.0 Å². The first-order valence-electron chi connectivity index (χ1n) is 6.10. The van der Waals surface area contributed by atoms with E-state index in [1.54, 1.807) is 30.1 Å². The summed E-state index contributed by atoms with van der Waals surface area (Å²) in [4.78, 5) is 13.7. The molecule has 0 unspecified atom stereocenters. The Hall–Kier alpha value is -1.82. The zero-order valence-corrected chi connectivity index (χ0v) is 11.5. The van der Waals surface area contributed by atoms with Gasteiger partial charge in [0.05, 0.1) is 11.6 Å². The van der Waals surface area contributed by atoms with Gasteiger partial charge in [0.25, 0.3) is 0 Å². The molecule has 18 heavy (non-hydrogen) atoms. The molecular formula is C15H20N2O. The van der Waals surface area contributed by atoms with Crippen LogP contribution in [-0.4, -0.2) is 13.0 Å². The maximum absolute atomic E-state index is 12.0. The Morgan fingerprint density at radius 1 is 1.39 bits per heavy atom. The highest BCUT2D eigenvalue weighted by Gasteiger charge is 2.16. The Morgan fingerprint density at radius 2 is 2.06 bits per heavy atom. The summed E-state index contributed by atoms with van der Waals surface area (Å²) in [6.07, 6.45) is 1.38. The molecule has 0 N–H and O–H groups in total. The highest BCUT2D eigenvalue weighted by Crippen LogP contribution is 2.22. The van der Waals surface area contributed by atoms with Gasteiger partial charge in [-0.15, -0.1) is 0 Å². The van der Waals surface area contributed by atoms with Crippen LogP contribution in [0.1, 0.15) is 39.2 Å². The third-order valence-electron chi connectivity index (χ3n) is 2.83. The molecule has 0 aliphatic heterocycles. The number of carbonyl (C=O) groups excluding carboxylic acids is 1. The minimum atomic E-state index is 0.0833. The number of hydrogen-bond acceptors (Lipinski definition) is 2. The van der Waals surface area contributed by atoms with Crippen molar-refractivity contribution in [2.75, 3.05) is 11.9 Å². The molecule has 0 radical (unpaired) electrons. The molecule has 0 fully saturated rings. The molecular weight excluding hydrogens is 224 g/mol. The average Bonchev–Trinajstić information content (AvgIpc) is 2.34. The largest absolute Gasteiger partial charge is 0.315 e. The summed E-state index contributed by atoms with van der Waals surface area (Å²) in [5.74, 6) is 0.0833. The lowest BCUT2D eigenvalue weighted by molar-refractivity contribution is -0.118. The Kier molecular flexibility index (Phi) is 4.49. The topological polar surface area (TPSA) is 44.1 Å².